The molecule has 2 nitrogen and oxygen atoms in total. The second-order valence-corrected chi connectivity index (χ2v) is 4.08. The Labute approximate surface area is 75.7 Å². The molecule has 0 aliphatic carbocycles. The zero-order valence-electron chi connectivity index (χ0n) is 8.85. The van der Waals surface area contributed by atoms with Crippen LogP contribution in [0, 0.1) is 11.8 Å². The Kier molecular flexibility index (Phi) is 5.14. The predicted molar refractivity (Wildman–Crippen MR) is 52.1 cm³/mol. The van der Waals surface area contributed by atoms with Crippen molar-refractivity contribution in [2.24, 2.45) is 11.8 Å². The molecule has 0 aromatic carbocycles. The van der Waals surface area contributed by atoms with E-state index in [0.717, 1.165) is 6.54 Å². The number of hydrogen-bond donors (Lipinski definition) is 1. The van der Waals surface area contributed by atoms with Crippen LogP contribution in [0.2, 0.25) is 0 Å². The van der Waals surface area contributed by atoms with Gasteiger partial charge in [-0.3, -0.25) is 4.79 Å². The van der Waals surface area contributed by atoms with Crippen LogP contribution in [0.15, 0.2) is 0 Å². The van der Waals surface area contributed by atoms with Crippen molar-refractivity contribution in [2.45, 2.75) is 40.7 Å². The van der Waals surface area contributed by atoms with Crippen LogP contribution in [-0.4, -0.2) is 18.4 Å². The van der Waals surface area contributed by atoms with Crippen LogP contribution in [0.25, 0.3) is 0 Å². The largest absolute Gasteiger partial charge is 0.307 e. The first-order valence-corrected chi connectivity index (χ1v) is 4.72. The quantitative estimate of drug-likeness (QED) is 0.684. The van der Waals surface area contributed by atoms with E-state index in [1.54, 1.807) is 0 Å². The minimum atomic E-state index is 0.00685. The van der Waals surface area contributed by atoms with Gasteiger partial charge in [-0.15, -0.1) is 0 Å². The molecule has 0 saturated heterocycles. The summed E-state index contributed by atoms with van der Waals surface area (Å²) in [6, 6.07) is 0.00685. The number of rotatable bonds is 5. The summed E-state index contributed by atoms with van der Waals surface area (Å²) in [4.78, 5) is 11.4. The molecule has 1 N–H and O–H groups in total. The third kappa shape index (κ3) is 4.50. The van der Waals surface area contributed by atoms with E-state index < -0.39 is 0 Å². The lowest BCUT2D eigenvalue weighted by Gasteiger charge is -2.16. The third-order valence-electron chi connectivity index (χ3n) is 1.83. The molecule has 0 fully saturated rings. The van der Waals surface area contributed by atoms with Gasteiger partial charge in [0.05, 0.1) is 6.04 Å². The average Bonchev–Trinajstić information content (AvgIpc) is 1.98. The lowest BCUT2D eigenvalue weighted by atomic mass is 10.0. The maximum Gasteiger partial charge on any atom is 0.151 e. The predicted octanol–water partition coefficient (Wildman–Crippen LogP) is 1.85. The van der Waals surface area contributed by atoms with E-state index in [-0.39, 0.29) is 12.0 Å². The van der Waals surface area contributed by atoms with Gasteiger partial charge in [0.1, 0.15) is 0 Å². The highest BCUT2D eigenvalue weighted by Gasteiger charge is 2.15. The van der Waals surface area contributed by atoms with Gasteiger partial charge in [0.2, 0.25) is 0 Å². The molecule has 0 aliphatic rings. The van der Waals surface area contributed by atoms with Gasteiger partial charge in [-0.05, 0) is 19.4 Å². The number of hydrogen-bond acceptors (Lipinski definition) is 2. The molecule has 1 atom stereocenters. The molecule has 0 amide bonds. The Balaban J connectivity index is 3.72. The van der Waals surface area contributed by atoms with Crippen LogP contribution < -0.4 is 5.32 Å². The third-order valence-corrected chi connectivity index (χ3v) is 1.83. The minimum Gasteiger partial charge on any atom is -0.307 e. The first-order valence-electron chi connectivity index (χ1n) is 4.72. The van der Waals surface area contributed by atoms with E-state index in [4.69, 9.17) is 0 Å². The monoisotopic (exact) mass is 171 g/mol. The number of carbonyl (C=O) groups excluding carboxylic acids is 1. The van der Waals surface area contributed by atoms with Crippen molar-refractivity contribution < 1.29 is 4.79 Å². The van der Waals surface area contributed by atoms with Crippen LogP contribution in [0.1, 0.15) is 34.6 Å². The van der Waals surface area contributed by atoms with Crippen LogP contribution in [0.3, 0.4) is 0 Å². The molecule has 72 valence electrons. The lowest BCUT2D eigenvalue weighted by molar-refractivity contribution is -0.123. The van der Waals surface area contributed by atoms with E-state index >= 15 is 0 Å². The van der Waals surface area contributed by atoms with E-state index in [2.05, 4.69) is 19.2 Å². The maximum absolute atomic E-state index is 11.4. The number of ketones is 1. The van der Waals surface area contributed by atoms with Crippen molar-refractivity contribution in [2.75, 3.05) is 6.54 Å². The Morgan fingerprint density at radius 1 is 1.17 bits per heavy atom. The zero-order chi connectivity index (χ0) is 9.72. The number of nitrogens with one attached hydrogen (secondary N) is 1. The fourth-order valence-corrected chi connectivity index (χ4v) is 1.01. The molecular weight excluding hydrogens is 150 g/mol. The first-order chi connectivity index (χ1) is 5.45. The van der Waals surface area contributed by atoms with Crippen LogP contribution in [0.5, 0.6) is 0 Å². The highest BCUT2D eigenvalue weighted by atomic mass is 16.1. The molecule has 1 unspecified atom stereocenters. The van der Waals surface area contributed by atoms with Crippen molar-refractivity contribution in [1.82, 2.24) is 5.32 Å². The van der Waals surface area contributed by atoms with Gasteiger partial charge in [-0.25, -0.2) is 0 Å². The molecule has 12 heavy (non-hydrogen) atoms. The molecule has 0 aromatic heterocycles. The standard InChI is InChI=1S/C10H21NO/c1-7(2)6-11-9(5)10(12)8(3)4/h7-9,11H,6H2,1-5H3. The highest BCUT2D eigenvalue weighted by Crippen LogP contribution is 1.99. The van der Waals surface area contributed by atoms with Gasteiger partial charge >= 0.3 is 0 Å². The van der Waals surface area contributed by atoms with E-state index in [0.29, 0.717) is 11.7 Å². The summed E-state index contributed by atoms with van der Waals surface area (Å²) in [6.07, 6.45) is 0. The minimum absolute atomic E-state index is 0.00685. The van der Waals surface area contributed by atoms with Gasteiger partial charge in [0.15, 0.2) is 5.78 Å². The summed E-state index contributed by atoms with van der Waals surface area (Å²) in [7, 11) is 0. The Hall–Kier alpha value is -0.370. The highest BCUT2D eigenvalue weighted by molar-refractivity contribution is 5.85. The second-order valence-electron chi connectivity index (χ2n) is 4.08. The fraction of sp³-hybridized carbons (Fsp3) is 0.900. The van der Waals surface area contributed by atoms with Gasteiger partial charge in [0, 0.05) is 5.92 Å². The fourth-order valence-electron chi connectivity index (χ4n) is 1.01. The molecule has 0 bridgehead atoms. The van der Waals surface area contributed by atoms with Crippen molar-refractivity contribution in [1.29, 1.82) is 0 Å². The molecule has 0 radical (unpaired) electrons. The maximum atomic E-state index is 11.4. The molecule has 0 aromatic rings. The smallest absolute Gasteiger partial charge is 0.151 e. The van der Waals surface area contributed by atoms with E-state index in [9.17, 15) is 4.79 Å². The summed E-state index contributed by atoms with van der Waals surface area (Å²) in [5.41, 5.74) is 0. The average molecular weight is 171 g/mol. The number of carbonyl (C=O) groups is 1. The molecule has 0 rings (SSSR count). The van der Waals surface area contributed by atoms with Crippen LogP contribution in [-0.2, 0) is 4.79 Å². The molecule has 2 heteroatoms. The van der Waals surface area contributed by atoms with Gasteiger partial charge in [0.25, 0.3) is 0 Å². The van der Waals surface area contributed by atoms with Crippen molar-refractivity contribution in [3.8, 4) is 0 Å². The topological polar surface area (TPSA) is 29.1 Å². The summed E-state index contributed by atoms with van der Waals surface area (Å²) in [6.45, 7) is 11.0. The van der Waals surface area contributed by atoms with E-state index in [1.807, 2.05) is 20.8 Å². The van der Waals surface area contributed by atoms with Crippen LogP contribution in [0.4, 0.5) is 0 Å². The van der Waals surface area contributed by atoms with Crippen molar-refractivity contribution >= 4 is 5.78 Å². The Morgan fingerprint density at radius 2 is 1.67 bits per heavy atom. The van der Waals surface area contributed by atoms with E-state index in [1.165, 1.54) is 0 Å². The number of Topliss-reactive ketones (excluding diaryl/α,β-unsaturated/α-hetero) is 1. The van der Waals surface area contributed by atoms with Crippen LogP contribution >= 0.6 is 0 Å². The lowest BCUT2D eigenvalue weighted by Crippen LogP contribution is -2.38. The Morgan fingerprint density at radius 3 is 2.00 bits per heavy atom. The molecule has 0 spiro atoms. The Bertz CT molecular complexity index is 141. The van der Waals surface area contributed by atoms with Gasteiger partial charge in [-0.2, -0.15) is 0 Å². The molecule has 0 saturated carbocycles. The first kappa shape index (κ1) is 11.6. The van der Waals surface area contributed by atoms with Gasteiger partial charge in [-0.1, -0.05) is 27.7 Å². The van der Waals surface area contributed by atoms with Crippen molar-refractivity contribution in [3.05, 3.63) is 0 Å². The normalized spacial score (nSPS) is 13.9. The summed E-state index contributed by atoms with van der Waals surface area (Å²) < 4.78 is 0. The molecule has 0 aliphatic heterocycles. The molecule has 0 heterocycles. The summed E-state index contributed by atoms with van der Waals surface area (Å²) in [5.74, 6) is 1.04. The van der Waals surface area contributed by atoms with Gasteiger partial charge < -0.3 is 5.32 Å². The summed E-state index contributed by atoms with van der Waals surface area (Å²) >= 11 is 0. The molecular formula is C10H21NO. The van der Waals surface area contributed by atoms with Crippen molar-refractivity contribution in [3.63, 3.8) is 0 Å². The zero-order valence-corrected chi connectivity index (χ0v) is 8.85. The second kappa shape index (κ2) is 5.31. The summed E-state index contributed by atoms with van der Waals surface area (Å²) in [5, 5.41) is 3.21. The SMILES string of the molecule is CC(C)CNC(C)C(=O)C(C)C.